The molecule has 0 bridgehead atoms. The predicted molar refractivity (Wildman–Crippen MR) is 86.2 cm³/mol. The number of allylic oxidation sites excluding steroid dienone is 4. The summed E-state index contributed by atoms with van der Waals surface area (Å²) in [5.41, 5.74) is 1.52. The highest BCUT2D eigenvalue weighted by Crippen LogP contribution is 2.35. The Morgan fingerprint density at radius 2 is 1.57 bits per heavy atom. The molecular formula is C20H18O. The number of ketones is 1. The molecule has 1 aliphatic carbocycles. The van der Waals surface area contributed by atoms with Crippen molar-refractivity contribution in [3.63, 3.8) is 0 Å². The van der Waals surface area contributed by atoms with E-state index in [0.717, 1.165) is 18.4 Å². The largest absolute Gasteiger partial charge is 0.293 e. The van der Waals surface area contributed by atoms with Gasteiger partial charge in [-0.25, -0.2) is 0 Å². The van der Waals surface area contributed by atoms with Gasteiger partial charge in [-0.05, 0) is 18.4 Å². The lowest BCUT2D eigenvalue weighted by molar-refractivity contribution is 0.0851. The van der Waals surface area contributed by atoms with Crippen LogP contribution in [0.3, 0.4) is 0 Å². The van der Waals surface area contributed by atoms with Crippen LogP contribution in [-0.4, -0.2) is 5.78 Å². The molecule has 0 aliphatic heterocycles. The van der Waals surface area contributed by atoms with E-state index in [2.05, 4.69) is 24.3 Å². The fraction of sp³-hybridized carbons (Fsp3) is 0.150. The first kappa shape index (κ1) is 13.6. The number of hydrogen-bond acceptors (Lipinski definition) is 1. The van der Waals surface area contributed by atoms with Crippen LogP contribution in [0.4, 0.5) is 0 Å². The van der Waals surface area contributed by atoms with Crippen molar-refractivity contribution in [1.29, 1.82) is 0 Å². The van der Waals surface area contributed by atoms with E-state index in [1.165, 1.54) is 5.56 Å². The molecule has 1 nitrogen and oxygen atoms in total. The molecule has 0 saturated carbocycles. The van der Waals surface area contributed by atoms with Crippen LogP contribution in [0.5, 0.6) is 0 Å². The van der Waals surface area contributed by atoms with Gasteiger partial charge in [0.05, 0.1) is 5.41 Å². The minimum atomic E-state index is -0.461. The number of Topliss-reactive ketones (excluding diaryl/α,β-unsaturated/α-hetero) is 1. The summed E-state index contributed by atoms with van der Waals surface area (Å²) in [5, 5.41) is 0. The zero-order valence-electron chi connectivity index (χ0n) is 11.9. The molecule has 1 heteroatoms. The second kappa shape index (κ2) is 5.92. The van der Waals surface area contributed by atoms with Crippen molar-refractivity contribution >= 4 is 5.78 Å². The quantitative estimate of drug-likeness (QED) is 0.744. The molecule has 0 aromatic heterocycles. The summed E-state index contributed by atoms with van der Waals surface area (Å²) >= 11 is 0. The van der Waals surface area contributed by atoms with Crippen molar-refractivity contribution in [3.8, 4) is 0 Å². The van der Waals surface area contributed by atoms with Gasteiger partial charge in [0, 0.05) is 5.56 Å². The maximum Gasteiger partial charge on any atom is 0.173 e. The summed E-state index contributed by atoms with van der Waals surface area (Å²) in [5.74, 6) is 0.201. The normalized spacial score (nSPS) is 20.4. The monoisotopic (exact) mass is 274 g/mol. The smallest absolute Gasteiger partial charge is 0.173 e. The van der Waals surface area contributed by atoms with Crippen LogP contribution < -0.4 is 0 Å². The Kier molecular flexibility index (Phi) is 3.83. The predicted octanol–water partition coefficient (Wildman–Crippen LogP) is 4.61. The van der Waals surface area contributed by atoms with Crippen LogP contribution in [0, 0.1) is 5.41 Å². The van der Waals surface area contributed by atoms with Gasteiger partial charge in [0.15, 0.2) is 5.78 Å². The van der Waals surface area contributed by atoms with E-state index in [1.807, 2.05) is 60.7 Å². The Balaban J connectivity index is 1.96. The molecule has 0 heterocycles. The van der Waals surface area contributed by atoms with Gasteiger partial charge in [0.2, 0.25) is 0 Å². The van der Waals surface area contributed by atoms with Crippen molar-refractivity contribution in [1.82, 2.24) is 0 Å². The van der Waals surface area contributed by atoms with Gasteiger partial charge in [0.25, 0.3) is 0 Å². The summed E-state index contributed by atoms with van der Waals surface area (Å²) in [4.78, 5) is 13.0. The SMILES string of the molecule is O=C(c1ccccc1)C1(Cc2ccccc2)C=CC=CC1. The second-order valence-electron chi connectivity index (χ2n) is 5.51. The molecule has 3 rings (SSSR count). The van der Waals surface area contributed by atoms with Crippen LogP contribution in [-0.2, 0) is 6.42 Å². The molecule has 21 heavy (non-hydrogen) atoms. The standard InChI is InChI=1S/C20H18O/c21-19(18-12-6-2-7-13-18)20(14-8-3-9-15-20)16-17-10-4-1-5-11-17/h1-14H,15-16H2. The first-order valence-electron chi connectivity index (χ1n) is 7.28. The van der Waals surface area contributed by atoms with Gasteiger partial charge < -0.3 is 0 Å². The molecule has 0 saturated heterocycles. The van der Waals surface area contributed by atoms with Gasteiger partial charge >= 0.3 is 0 Å². The highest BCUT2D eigenvalue weighted by molar-refractivity contribution is 6.02. The van der Waals surface area contributed by atoms with Crippen molar-refractivity contribution in [2.24, 2.45) is 5.41 Å². The average Bonchev–Trinajstić information content (AvgIpc) is 2.57. The van der Waals surface area contributed by atoms with E-state index < -0.39 is 5.41 Å². The molecule has 1 atom stereocenters. The molecular weight excluding hydrogens is 256 g/mol. The Labute approximate surface area is 125 Å². The summed E-state index contributed by atoms with van der Waals surface area (Å²) < 4.78 is 0. The van der Waals surface area contributed by atoms with Crippen LogP contribution in [0.25, 0.3) is 0 Å². The van der Waals surface area contributed by atoms with Crippen LogP contribution in [0.2, 0.25) is 0 Å². The first-order valence-corrected chi connectivity index (χ1v) is 7.28. The average molecular weight is 274 g/mol. The van der Waals surface area contributed by atoms with E-state index in [0.29, 0.717) is 0 Å². The van der Waals surface area contributed by atoms with Gasteiger partial charge in [-0.3, -0.25) is 4.79 Å². The van der Waals surface area contributed by atoms with Gasteiger partial charge in [-0.1, -0.05) is 85.0 Å². The number of rotatable bonds is 4. The maximum atomic E-state index is 13.0. The lowest BCUT2D eigenvalue weighted by Gasteiger charge is -2.30. The van der Waals surface area contributed by atoms with E-state index in [9.17, 15) is 4.79 Å². The maximum absolute atomic E-state index is 13.0. The molecule has 0 spiro atoms. The van der Waals surface area contributed by atoms with E-state index in [1.54, 1.807) is 0 Å². The van der Waals surface area contributed by atoms with Crippen molar-refractivity contribution in [2.75, 3.05) is 0 Å². The number of benzene rings is 2. The van der Waals surface area contributed by atoms with E-state index >= 15 is 0 Å². The van der Waals surface area contributed by atoms with E-state index in [4.69, 9.17) is 0 Å². The third-order valence-corrected chi connectivity index (χ3v) is 4.00. The Morgan fingerprint density at radius 3 is 2.19 bits per heavy atom. The number of carbonyl (C=O) groups is 1. The van der Waals surface area contributed by atoms with Crippen LogP contribution >= 0.6 is 0 Å². The van der Waals surface area contributed by atoms with Crippen LogP contribution in [0.1, 0.15) is 22.3 Å². The number of hydrogen-bond donors (Lipinski definition) is 0. The molecule has 0 fully saturated rings. The molecule has 104 valence electrons. The fourth-order valence-corrected chi connectivity index (χ4v) is 2.88. The van der Waals surface area contributed by atoms with Crippen molar-refractivity contribution in [3.05, 3.63) is 96.1 Å². The summed E-state index contributed by atoms with van der Waals surface area (Å²) in [6, 6.07) is 19.8. The zero-order chi connectivity index (χ0) is 14.5. The van der Waals surface area contributed by atoms with E-state index in [-0.39, 0.29) is 5.78 Å². The van der Waals surface area contributed by atoms with Gasteiger partial charge in [-0.15, -0.1) is 0 Å². The Bertz CT molecular complexity index is 667. The fourth-order valence-electron chi connectivity index (χ4n) is 2.88. The lowest BCUT2D eigenvalue weighted by atomic mass is 9.71. The number of carbonyl (C=O) groups excluding carboxylic acids is 1. The van der Waals surface area contributed by atoms with Crippen molar-refractivity contribution in [2.45, 2.75) is 12.8 Å². The molecule has 1 unspecified atom stereocenters. The summed E-state index contributed by atoms with van der Waals surface area (Å²) in [6.45, 7) is 0. The van der Waals surface area contributed by atoms with Crippen molar-refractivity contribution < 1.29 is 4.79 Å². The van der Waals surface area contributed by atoms with Gasteiger partial charge in [0.1, 0.15) is 0 Å². The summed E-state index contributed by atoms with van der Waals surface area (Å²) in [6.07, 6.45) is 9.66. The second-order valence-corrected chi connectivity index (χ2v) is 5.51. The Morgan fingerprint density at radius 1 is 0.905 bits per heavy atom. The summed E-state index contributed by atoms with van der Waals surface area (Å²) in [7, 11) is 0. The molecule has 0 N–H and O–H groups in total. The lowest BCUT2D eigenvalue weighted by Crippen LogP contribution is -2.32. The zero-order valence-corrected chi connectivity index (χ0v) is 11.9. The minimum absolute atomic E-state index is 0.201. The molecule has 0 radical (unpaired) electrons. The third kappa shape index (κ3) is 2.87. The molecule has 2 aromatic carbocycles. The van der Waals surface area contributed by atoms with Gasteiger partial charge in [-0.2, -0.15) is 0 Å². The molecule has 1 aliphatic rings. The highest BCUT2D eigenvalue weighted by Gasteiger charge is 2.36. The Hall–Kier alpha value is -2.41. The minimum Gasteiger partial charge on any atom is -0.293 e. The first-order chi connectivity index (χ1) is 10.3. The van der Waals surface area contributed by atoms with Crippen LogP contribution in [0.15, 0.2) is 85.0 Å². The highest BCUT2D eigenvalue weighted by atomic mass is 16.1. The third-order valence-electron chi connectivity index (χ3n) is 4.00. The molecule has 2 aromatic rings. The topological polar surface area (TPSA) is 17.1 Å². The molecule has 0 amide bonds.